The number of halogens is 1. The lowest BCUT2D eigenvalue weighted by molar-refractivity contribution is 0.0517. The maximum Gasteiger partial charge on any atom is 0.241 e. The summed E-state index contributed by atoms with van der Waals surface area (Å²) >= 11 is 0. The summed E-state index contributed by atoms with van der Waals surface area (Å²) in [6, 6.07) is 8.38. The van der Waals surface area contributed by atoms with Crippen LogP contribution in [0, 0.1) is 33.5 Å². The van der Waals surface area contributed by atoms with E-state index in [4.69, 9.17) is 4.74 Å². The minimum atomic E-state index is -3.69. The van der Waals surface area contributed by atoms with Gasteiger partial charge in [0.1, 0.15) is 5.82 Å². The van der Waals surface area contributed by atoms with Gasteiger partial charge in [0, 0.05) is 25.2 Å². The number of ether oxygens (including phenoxy) is 1. The Hall–Kier alpha value is -1.76. The molecule has 6 heteroatoms. The minimum Gasteiger partial charge on any atom is -0.381 e. The minimum absolute atomic E-state index is 0.260. The molecule has 1 aliphatic rings. The molecule has 28 heavy (non-hydrogen) atoms. The third kappa shape index (κ3) is 4.00. The summed E-state index contributed by atoms with van der Waals surface area (Å²) in [6.07, 6.45) is 1.37. The van der Waals surface area contributed by atoms with E-state index in [-0.39, 0.29) is 12.4 Å². The van der Waals surface area contributed by atoms with Crippen molar-refractivity contribution >= 4 is 10.0 Å². The number of benzene rings is 2. The molecule has 4 nitrogen and oxygen atoms in total. The molecule has 3 rings (SSSR count). The molecule has 0 unspecified atom stereocenters. The third-order valence-electron chi connectivity index (χ3n) is 6.07. The number of rotatable bonds is 5. The predicted octanol–water partition coefficient (Wildman–Crippen LogP) is 4.09. The van der Waals surface area contributed by atoms with Gasteiger partial charge in [-0.25, -0.2) is 17.5 Å². The fraction of sp³-hybridized carbons (Fsp3) is 0.455. The Balaban J connectivity index is 1.95. The Morgan fingerprint density at radius 3 is 2.07 bits per heavy atom. The van der Waals surface area contributed by atoms with E-state index in [1.54, 1.807) is 12.1 Å². The fourth-order valence-electron chi connectivity index (χ4n) is 4.02. The highest BCUT2D eigenvalue weighted by molar-refractivity contribution is 7.89. The zero-order valence-corrected chi connectivity index (χ0v) is 17.7. The van der Waals surface area contributed by atoms with Crippen LogP contribution >= 0.6 is 0 Å². The average Bonchev–Trinajstić information content (AvgIpc) is 2.66. The van der Waals surface area contributed by atoms with Crippen molar-refractivity contribution in [1.29, 1.82) is 0 Å². The van der Waals surface area contributed by atoms with Gasteiger partial charge in [-0.05, 0) is 80.5 Å². The van der Waals surface area contributed by atoms with E-state index in [1.165, 1.54) is 12.1 Å². The molecule has 2 aromatic carbocycles. The lowest BCUT2D eigenvalue weighted by Crippen LogP contribution is -2.44. The van der Waals surface area contributed by atoms with Crippen molar-refractivity contribution in [3.05, 3.63) is 64.0 Å². The standard InChI is InChI=1S/C22H28FNO3S/c1-15-13-16(2)18(4)21(17(15)3)28(25,26)24-14-22(9-11-27-12-10-22)19-5-7-20(23)8-6-19/h5-8,13,24H,9-12,14H2,1-4H3. The maximum atomic E-state index is 13.4. The van der Waals surface area contributed by atoms with Crippen LogP contribution in [0.15, 0.2) is 35.2 Å². The number of sulfonamides is 1. The molecule has 0 spiro atoms. The van der Waals surface area contributed by atoms with E-state index in [9.17, 15) is 12.8 Å². The van der Waals surface area contributed by atoms with Gasteiger partial charge in [-0.15, -0.1) is 0 Å². The van der Waals surface area contributed by atoms with Crippen molar-refractivity contribution in [3.63, 3.8) is 0 Å². The van der Waals surface area contributed by atoms with Crippen LogP contribution in [0.1, 0.15) is 40.7 Å². The van der Waals surface area contributed by atoms with Crippen molar-refractivity contribution in [1.82, 2.24) is 4.72 Å². The SMILES string of the molecule is Cc1cc(C)c(C)c(S(=O)(=O)NCC2(c3ccc(F)cc3)CCOCC2)c1C. The number of aryl methyl sites for hydroxylation is 2. The molecule has 1 fully saturated rings. The molecule has 152 valence electrons. The van der Waals surface area contributed by atoms with Crippen LogP contribution in [0.25, 0.3) is 0 Å². The van der Waals surface area contributed by atoms with Crippen LogP contribution in [0.3, 0.4) is 0 Å². The van der Waals surface area contributed by atoms with Crippen LogP contribution in [0.4, 0.5) is 4.39 Å². The van der Waals surface area contributed by atoms with E-state index in [1.807, 2.05) is 33.8 Å². The zero-order valence-electron chi connectivity index (χ0n) is 16.9. The summed E-state index contributed by atoms with van der Waals surface area (Å²) < 4.78 is 48.3. The molecule has 1 aliphatic heterocycles. The molecule has 1 saturated heterocycles. The van der Waals surface area contributed by atoms with Gasteiger partial charge in [-0.2, -0.15) is 0 Å². The number of nitrogens with one attached hydrogen (secondary N) is 1. The Labute approximate surface area is 167 Å². The fourth-order valence-corrected chi connectivity index (χ4v) is 5.76. The quantitative estimate of drug-likeness (QED) is 0.815. The average molecular weight is 406 g/mol. The normalized spacial score (nSPS) is 16.9. The van der Waals surface area contributed by atoms with Gasteiger partial charge < -0.3 is 4.74 Å². The van der Waals surface area contributed by atoms with Gasteiger partial charge in [-0.3, -0.25) is 0 Å². The Kier molecular flexibility index (Phi) is 5.94. The Bertz CT molecular complexity index is 936. The molecule has 0 saturated carbocycles. The monoisotopic (exact) mass is 405 g/mol. The van der Waals surface area contributed by atoms with E-state index in [2.05, 4.69) is 4.72 Å². The third-order valence-corrected chi connectivity index (χ3v) is 7.75. The lowest BCUT2D eigenvalue weighted by atomic mass is 9.74. The molecule has 1 N–H and O–H groups in total. The van der Waals surface area contributed by atoms with E-state index >= 15 is 0 Å². The second kappa shape index (κ2) is 7.93. The first-order valence-electron chi connectivity index (χ1n) is 9.57. The highest BCUT2D eigenvalue weighted by Crippen LogP contribution is 2.35. The van der Waals surface area contributed by atoms with Crippen LogP contribution in [-0.2, 0) is 20.2 Å². The van der Waals surface area contributed by atoms with Gasteiger partial charge in [-0.1, -0.05) is 18.2 Å². The van der Waals surface area contributed by atoms with Gasteiger partial charge in [0.2, 0.25) is 10.0 Å². The summed E-state index contributed by atoms with van der Waals surface area (Å²) in [6.45, 7) is 8.93. The molecule has 1 heterocycles. The highest BCUT2D eigenvalue weighted by Gasteiger charge is 2.36. The Morgan fingerprint density at radius 1 is 1.00 bits per heavy atom. The van der Waals surface area contributed by atoms with Gasteiger partial charge >= 0.3 is 0 Å². The second-order valence-corrected chi connectivity index (χ2v) is 9.52. The topological polar surface area (TPSA) is 55.4 Å². The summed E-state index contributed by atoms with van der Waals surface area (Å²) in [4.78, 5) is 0.367. The molecular formula is C22H28FNO3S. The molecule has 2 aromatic rings. The predicted molar refractivity (Wildman–Crippen MR) is 109 cm³/mol. The molecule has 0 atom stereocenters. The van der Waals surface area contributed by atoms with E-state index in [0.29, 0.717) is 31.0 Å². The first-order chi connectivity index (χ1) is 13.2. The molecule has 0 amide bonds. The largest absolute Gasteiger partial charge is 0.381 e. The van der Waals surface area contributed by atoms with Gasteiger partial charge in [0.15, 0.2) is 0 Å². The molecular weight excluding hydrogens is 377 g/mol. The van der Waals surface area contributed by atoms with Crippen LogP contribution in [-0.4, -0.2) is 28.2 Å². The highest BCUT2D eigenvalue weighted by atomic mass is 32.2. The molecule has 0 radical (unpaired) electrons. The van der Waals surface area contributed by atoms with Crippen molar-refractivity contribution < 1.29 is 17.5 Å². The van der Waals surface area contributed by atoms with Crippen molar-refractivity contribution in [3.8, 4) is 0 Å². The molecule has 0 aliphatic carbocycles. The van der Waals surface area contributed by atoms with Crippen LogP contribution < -0.4 is 4.72 Å². The maximum absolute atomic E-state index is 13.4. The second-order valence-electron chi connectivity index (χ2n) is 7.81. The van der Waals surface area contributed by atoms with Crippen LogP contribution in [0.2, 0.25) is 0 Å². The van der Waals surface area contributed by atoms with E-state index < -0.39 is 15.4 Å². The van der Waals surface area contributed by atoms with Crippen molar-refractivity contribution in [2.24, 2.45) is 0 Å². The van der Waals surface area contributed by atoms with Gasteiger partial charge in [0.25, 0.3) is 0 Å². The summed E-state index contributed by atoms with van der Waals surface area (Å²) in [5, 5.41) is 0. The van der Waals surface area contributed by atoms with Crippen molar-refractivity contribution in [2.45, 2.75) is 50.8 Å². The first kappa shape index (κ1) is 21.0. The molecule has 0 bridgehead atoms. The number of hydrogen-bond donors (Lipinski definition) is 1. The summed E-state index contributed by atoms with van der Waals surface area (Å²) in [7, 11) is -3.69. The summed E-state index contributed by atoms with van der Waals surface area (Å²) in [5.74, 6) is -0.298. The Morgan fingerprint density at radius 2 is 1.54 bits per heavy atom. The van der Waals surface area contributed by atoms with Gasteiger partial charge in [0.05, 0.1) is 4.90 Å². The van der Waals surface area contributed by atoms with E-state index in [0.717, 1.165) is 27.8 Å². The smallest absolute Gasteiger partial charge is 0.241 e. The van der Waals surface area contributed by atoms with Crippen molar-refractivity contribution in [2.75, 3.05) is 19.8 Å². The van der Waals surface area contributed by atoms with Crippen LogP contribution in [0.5, 0.6) is 0 Å². The lowest BCUT2D eigenvalue weighted by Gasteiger charge is -2.38. The first-order valence-corrected chi connectivity index (χ1v) is 11.1. The molecule has 0 aromatic heterocycles. The summed E-state index contributed by atoms with van der Waals surface area (Å²) in [5.41, 5.74) is 4.01. The number of hydrogen-bond acceptors (Lipinski definition) is 3. The zero-order chi connectivity index (χ0) is 20.5.